The first-order valence-electron chi connectivity index (χ1n) is 5.71. The zero-order valence-electron chi connectivity index (χ0n) is 9.13. The molecule has 0 atom stereocenters. The molecule has 0 spiro atoms. The smallest absolute Gasteiger partial charge is 0.213 e. The number of nitro groups is 1. The van der Waals surface area contributed by atoms with Crippen molar-refractivity contribution in [3.8, 4) is 0 Å². The molecular weight excluding hydrogens is 204 g/mol. The molecule has 0 amide bonds. The van der Waals surface area contributed by atoms with Gasteiger partial charge in [-0.1, -0.05) is 18.2 Å². The highest BCUT2D eigenvalue weighted by atomic mass is 16.6. The van der Waals surface area contributed by atoms with E-state index in [0.717, 1.165) is 18.5 Å². The average Bonchev–Trinajstić information content (AvgIpc) is 2.31. The lowest BCUT2D eigenvalue weighted by atomic mass is 9.91. The van der Waals surface area contributed by atoms with Gasteiger partial charge in [0.25, 0.3) is 0 Å². The quantitative estimate of drug-likeness (QED) is 0.629. The lowest BCUT2D eigenvalue weighted by Gasteiger charge is -2.25. The van der Waals surface area contributed by atoms with E-state index in [0.29, 0.717) is 18.9 Å². The van der Waals surface area contributed by atoms with Crippen molar-refractivity contribution in [2.45, 2.75) is 37.8 Å². The van der Waals surface area contributed by atoms with Crippen LogP contribution in [0.4, 0.5) is 5.69 Å². The van der Waals surface area contributed by atoms with Gasteiger partial charge in [0.1, 0.15) is 0 Å². The molecule has 0 aliphatic heterocycles. The minimum atomic E-state index is -0.325. The molecule has 0 radical (unpaired) electrons. The topological polar surface area (TPSA) is 55.2 Å². The van der Waals surface area contributed by atoms with Gasteiger partial charge in [-0.15, -0.1) is 0 Å². The van der Waals surface area contributed by atoms with Crippen molar-refractivity contribution >= 4 is 5.69 Å². The molecule has 0 unspecified atom stereocenters. The van der Waals surface area contributed by atoms with Crippen LogP contribution in [-0.2, 0) is 0 Å². The standard InChI is InChI=1S/C12H16N2O2/c15-14(16)12-8-6-11(7-9-12)13-10-4-2-1-3-5-10/h1-5,11-13H,6-9H2. The fraction of sp³-hybridized carbons (Fsp3) is 0.500. The Morgan fingerprint density at radius 3 is 2.31 bits per heavy atom. The van der Waals surface area contributed by atoms with Gasteiger partial charge in [-0.05, 0) is 25.0 Å². The van der Waals surface area contributed by atoms with Crippen LogP contribution in [0.25, 0.3) is 0 Å². The lowest BCUT2D eigenvalue weighted by molar-refractivity contribution is -0.526. The fourth-order valence-corrected chi connectivity index (χ4v) is 2.20. The zero-order chi connectivity index (χ0) is 11.4. The van der Waals surface area contributed by atoms with Gasteiger partial charge < -0.3 is 5.32 Å². The van der Waals surface area contributed by atoms with Crippen LogP contribution in [0.2, 0.25) is 0 Å². The van der Waals surface area contributed by atoms with E-state index in [1.54, 1.807) is 0 Å². The maximum absolute atomic E-state index is 10.6. The molecule has 4 heteroatoms. The molecule has 2 rings (SSSR count). The summed E-state index contributed by atoms with van der Waals surface area (Å²) in [5.74, 6) is 0. The Labute approximate surface area is 94.8 Å². The zero-order valence-corrected chi connectivity index (χ0v) is 9.13. The molecule has 1 N–H and O–H groups in total. The molecule has 1 aromatic rings. The molecule has 1 aromatic carbocycles. The van der Waals surface area contributed by atoms with Crippen molar-refractivity contribution in [3.63, 3.8) is 0 Å². The number of hydrogen-bond donors (Lipinski definition) is 1. The molecule has 0 bridgehead atoms. The third-order valence-electron chi connectivity index (χ3n) is 3.14. The molecule has 1 saturated carbocycles. The monoisotopic (exact) mass is 220 g/mol. The van der Waals surface area contributed by atoms with E-state index in [9.17, 15) is 10.1 Å². The normalized spacial score (nSPS) is 25.0. The number of hydrogen-bond acceptors (Lipinski definition) is 3. The van der Waals surface area contributed by atoms with Crippen molar-refractivity contribution in [3.05, 3.63) is 40.4 Å². The number of nitrogens with zero attached hydrogens (tertiary/aromatic N) is 1. The van der Waals surface area contributed by atoms with Gasteiger partial charge in [0.15, 0.2) is 0 Å². The highest BCUT2D eigenvalue weighted by molar-refractivity contribution is 5.43. The number of rotatable bonds is 3. The van der Waals surface area contributed by atoms with E-state index < -0.39 is 0 Å². The van der Waals surface area contributed by atoms with Crippen molar-refractivity contribution in [1.82, 2.24) is 0 Å². The molecule has 0 heterocycles. The van der Waals surface area contributed by atoms with Gasteiger partial charge in [-0.3, -0.25) is 10.1 Å². The van der Waals surface area contributed by atoms with Crippen LogP contribution in [-0.4, -0.2) is 17.0 Å². The molecular formula is C12H16N2O2. The fourth-order valence-electron chi connectivity index (χ4n) is 2.20. The Balaban J connectivity index is 1.84. The van der Waals surface area contributed by atoms with E-state index in [1.807, 2.05) is 30.3 Å². The van der Waals surface area contributed by atoms with Crippen LogP contribution in [0.3, 0.4) is 0 Å². The minimum absolute atomic E-state index is 0.140. The Morgan fingerprint density at radius 2 is 1.75 bits per heavy atom. The summed E-state index contributed by atoms with van der Waals surface area (Å²) in [5, 5.41) is 14.0. The summed E-state index contributed by atoms with van der Waals surface area (Å²) in [6, 6.07) is 10.1. The minimum Gasteiger partial charge on any atom is -0.382 e. The number of para-hydroxylation sites is 1. The predicted molar refractivity (Wildman–Crippen MR) is 63.1 cm³/mol. The van der Waals surface area contributed by atoms with Gasteiger partial charge in [0.2, 0.25) is 6.04 Å². The molecule has 1 fully saturated rings. The Hall–Kier alpha value is -1.58. The third kappa shape index (κ3) is 2.72. The van der Waals surface area contributed by atoms with E-state index in [1.165, 1.54) is 0 Å². The number of anilines is 1. The third-order valence-corrected chi connectivity index (χ3v) is 3.14. The van der Waals surface area contributed by atoms with E-state index in [2.05, 4.69) is 5.32 Å². The van der Waals surface area contributed by atoms with Gasteiger partial charge in [0.05, 0.1) is 0 Å². The molecule has 0 saturated heterocycles. The lowest BCUT2D eigenvalue weighted by Crippen LogP contribution is -2.32. The largest absolute Gasteiger partial charge is 0.382 e. The first-order valence-corrected chi connectivity index (χ1v) is 5.71. The van der Waals surface area contributed by atoms with E-state index in [-0.39, 0.29) is 11.0 Å². The Kier molecular flexibility index (Phi) is 3.39. The average molecular weight is 220 g/mol. The Morgan fingerprint density at radius 1 is 1.12 bits per heavy atom. The number of benzene rings is 1. The predicted octanol–water partition coefficient (Wildman–Crippen LogP) is 2.69. The van der Waals surface area contributed by atoms with Crippen LogP contribution in [0.15, 0.2) is 30.3 Å². The highest BCUT2D eigenvalue weighted by Gasteiger charge is 2.28. The van der Waals surface area contributed by atoms with Crippen LogP contribution in [0, 0.1) is 10.1 Å². The van der Waals surface area contributed by atoms with Crippen molar-refractivity contribution in [2.24, 2.45) is 0 Å². The van der Waals surface area contributed by atoms with Crippen LogP contribution in [0.1, 0.15) is 25.7 Å². The maximum atomic E-state index is 10.6. The molecule has 1 aliphatic rings. The molecule has 4 nitrogen and oxygen atoms in total. The van der Waals surface area contributed by atoms with E-state index >= 15 is 0 Å². The van der Waals surface area contributed by atoms with E-state index in [4.69, 9.17) is 0 Å². The first kappa shape index (κ1) is 10.9. The van der Waals surface area contributed by atoms with Crippen molar-refractivity contribution in [2.75, 3.05) is 5.32 Å². The summed E-state index contributed by atoms with van der Waals surface area (Å²) in [4.78, 5) is 10.5. The maximum Gasteiger partial charge on any atom is 0.213 e. The summed E-state index contributed by atoms with van der Waals surface area (Å²) in [7, 11) is 0. The van der Waals surface area contributed by atoms with Gasteiger partial charge in [-0.2, -0.15) is 0 Å². The molecule has 0 aromatic heterocycles. The van der Waals surface area contributed by atoms with Crippen LogP contribution >= 0.6 is 0 Å². The summed E-state index contributed by atoms with van der Waals surface area (Å²) in [6.45, 7) is 0. The van der Waals surface area contributed by atoms with Crippen molar-refractivity contribution in [1.29, 1.82) is 0 Å². The second kappa shape index (κ2) is 4.96. The van der Waals surface area contributed by atoms with Crippen molar-refractivity contribution < 1.29 is 4.92 Å². The summed E-state index contributed by atoms with van der Waals surface area (Å²) >= 11 is 0. The van der Waals surface area contributed by atoms with Gasteiger partial charge in [0, 0.05) is 29.5 Å². The highest BCUT2D eigenvalue weighted by Crippen LogP contribution is 2.23. The van der Waals surface area contributed by atoms with Crippen LogP contribution < -0.4 is 5.32 Å². The summed E-state index contributed by atoms with van der Waals surface area (Å²) < 4.78 is 0. The molecule has 86 valence electrons. The van der Waals surface area contributed by atoms with Crippen LogP contribution in [0.5, 0.6) is 0 Å². The summed E-state index contributed by atoms with van der Waals surface area (Å²) in [6.07, 6.45) is 3.16. The van der Waals surface area contributed by atoms with Gasteiger partial charge in [-0.25, -0.2) is 0 Å². The summed E-state index contributed by atoms with van der Waals surface area (Å²) in [5.41, 5.74) is 1.10. The number of nitrogens with one attached hydrogen (secondary N) is 1. The molecule has 16 heavy (non-hydrogen) atoms. The molecule has 1 aliphatic carbocycles. The second-order valence-electron chi connectivity index (χ2n) is 4.30. The second-order valence-corrected chi connectivity index (χ2v) is 4.30. The Bertz CT molecular complexity index is 345. The first-order chi connectivity index (χ1) is 7.75. The SMILES string of the molecule is O=[N+]([O-])C1CCC(Nc2ccccc2)CC1. The van der Waals surface area contributed by atoms with Gasteiger partial charge >= 0.3 is 0 Å².